The lowest BCUT2D eigenvalue weighted by Crippen LogP contribution is -2.48. The van der Waals surface area contributed by atoms with E-state index in [1.165, 1.54) is 6.20 Å². The van der Waals surface area contributed by atoms with Crippen LogP contribution in [0.4, 0.5) is 27.6 Å². The number of aromatic hydroxyl groups is 1. The highest BCUT2D eigenvalue weighted by atomic mass is 35.5. The first kappa shape index (κ1) is 24.4. The number of alkyl halides is 3. The number of hydrogen-bond donors (Lipinski definition) is 3. The number of fused-ring (bicyclic) bond motifs is 2. The van der Waals surface area contributed by atoms with Gasteiger partial charge in [-0.1, -0.05) is 18.5 Å². The largest absolute Gasteiger partial charge is 0.505 e. The maximum atomic E-state index is 14.4. The molecule has 0 saturated carbocycles. The van der Waals surface area contributed by atoms with Crippen LogP contribution in [0, 0.1) is 18.6 Å². The van der Waals surface area contributed by atoms with Gasteiger partial charge in [0.2, 0.25) is 0 Å². The molecule has 11 heteroatoms. The summed E-state index contributed by atoms with van der Waals surface area (Å²) in [5, 5.41) is 24.5. The number of rotatable bonds is 4. The van der Waals surface area contributed by atoms with Crippen LogP contribution in [0.25, 0.3) is 10.9 Å². The standard InChI is InChI=1S/C23H21ClF5N3O2/c1-3-11-7-22(34,9-23(27,28)29)21(13-6-15(24)19(26)20(33)18(11)13)32-17-5-12(25)4-16-14(17)8-30-10(2)31-16/h4-6,8,11,21,32-34H,3,7,9H2,1-2H3. The molecule has 1 heterocycles. The van der Waals surface area contributed by atoms with E-state index in [1.54, 1.807) is 13.8 Å². The number of nitrogens with one attached hydrogen (secondary N) is 1. The number of halogens is 6. The van der Waals surface area contributed by atoms with Crippen molar-refractivity contribution in [1.29, 1.82) is 0 Å². The van der Waals surface area contributed by atoms with Crippen LogP contribution in [0.2, 0.25) is 5.02 Å². The average Bonchev–Trinajstić information content (AvgIpc) is 2.72. The first-order valence-electron chi connectivity index (χ1n) is 10.5. The smallest absolute Gasteiger partial charge is 0.391 e. The Labute approximate surface area is 196 Å². The lowest BCUT2D eigenvalue weighted by atomic mass is 9.68. The summed E-state index contributed by atoms with van der Waals surface area (Å²) in [5.41, 5.74) is -2.12. The summed E-state index contributed by atoms with van der Waals surface area (Å²) >= 11 is 5.93. The van der Waals surface area contributed by atoms with Gasteiger partial charge in [0, 0.05) is 28.9 Å². The normalized spacial score (nSPS) is 22.6. The highest BCUT2D eigenvalue weighted by molar-refractivity contribution is 6.31. The predicted octanol–water partition coefficient (Wildman–Crippen LogP) is 6.31. The predicted molar refractivity (Wildman–Crippen MR) is 117 cm³/mol. The van der Waals surface area contributed by atoms with Gasteiger partial charge in [-0.15, -0.1) is 0 Å². The summed E-state index contributed by atoms with van der Waals surface area (Å²) in [6.45, 7) is 3.25. The summed E-state index contributed by atoms with van der Waals surface area (Å²) in [6.07, 6.45) is -5.15. The fourth-order valence-electron chi connectivity index (χ4n) is 4.80. The fourth-order valence-corrected chi connectivity index (χ4v) is 5.01. The van der Waals surface area contributed by atoms with E-state index < -0.39 is 59.0 Å². The molecular weight excluding hydrogens is 481 g/mol. The van der Waals surface area contributed by atoms with Crippen LogP contribution in [-0.4, -0.2) is 32.0 Å². The Kier molecular flexibility index (Phi) is 6.10. The molecule has 0 amide bonds. The third kappa shape index (κ3) is 4.36. The minimum absolute atomic E-state index is 0.000749. The molecule has 3 unspecified atom stereocenters. The van der Waals surface area contributed by atoms with E-state index in [0.29, 0.717) is 11.2 Å². The topological polar surface area (TPSA) is 78.3 Å². The van der Waals surface area contributed by atoms with Crippen molar-refractivity contribution in [1.82, 2.24) is 9.97 Å². The number of nitrogens with zero attached hydrogens (tertiary/aromatic N) is 2. The molecule has 34 heavy (non-hydrogen) atoms. The molecule has 2 aromatic carbocycles. The molecular formula is C23H21ClF5N3O2. The fraction of sp³-hybridized carbons (Fsp3) is 0.391. The summed E-state index contributed by atoms with van der Waals surface area (Å²) in [4.78, 5) is 8.22. The maximum Gasteiger partial charge on any atom is 0.391 e. The van der Waals surface area contributed by atoms with Gasteiger partial charge >= 0.3 is 6.18 Å². The second-order valence-corrected chi connectivity index (χ2v) is 9.02. The van der Waals surface area contributed by atoms with Crippen LogP contribution in [0.5, 0.6) is 5.75 Å². The SMILES string of the molecule is CCC1CC(O)(CC(F)(F)F)C(Nc2cc(F)cc3nc(C)ncc23)c2cc(Cl)c(F)c(O)c21. The van der Waals surface area contributed by atoms with Crippen LogP contribution < -0.4 is 5.32 Å². The molecule has 1 aromatic heterocycles. The zero-order valence-corrected chi connectivity index (χ0v) is 18.9. The number of aryl methyl sites for hydroxylation is 1. The molecule has 4 rings (SSSR count). The second-order valence-electron chi connectivity index (χ2n) is 8.61. The Balaban J connectivity index is 1.95. The van der Waals surface area contributed by atoms with Crippen LogP contribution in [0.1, 0.15) is 55.1 Å². The van der Waals surface area contributed by atoms with E-state index in [4.69, 9.17) is 11.6 Å². The maximum absolute atomic E-state index is 14.4. The molecule has 0 radical (unpaired) electrons. The third-order valence-electron chi connectivity index (χ3n) is 6.21. The molecule has 182 valence electrons. The van der Waals surface area contributed by atoms with Crippen molar-refractivity contribution in [2.45, 2.75) is 56.8 Å². The first-order valence-corrected chi connectivity index (χ1v) is 10.9. The van der Waals surface area contributed by atoms with E-state index in [2.05, 4.69) is 15.3 Å². The lowest BCUT2D eigenvalue weighted by molar-refractivity contribution is -0.183. The number of phenols is 1. The Hall–Kier alpha value is -2.72. The van der Waals surface area contributed by atoms with Crippen molar-refractivity contribution in [2.24, 2.45) is 0 Å². The summed E-state index contributed by atoms with van der Waals surface area (Å²) in [5.74, 6) is -3.01. The van der Waals surface area contributed by atoms with Crippen molar-refractivity contribution in [3.8, 4) is 5.75 Å². The molecule has 1 aliphatic carbocycles. The van der Waals surface area contributed by atoms with E-state index in [1.807, 2.05) is 0 Å². The van der Waals surface area contributed by atoms with E-state index in [0.717, 1.165) is 18.2 Å². The highest BCUT2D eigenvalue weighted by Crippen LogP contribution is 2.54. The van der Waals surface area contributed by atoms with Crippen molar-refractivity contribution < 1.29 is 32.2 Å². The van der Waals surface area contributed by atoms with Gasteiger partial charge < -0.3 is 15.5 Å². The van der Waals surface area contributed by atoms with Gasteiger partial charge in [-0.3, -0.25) is 0 Å². The van der Waals surface area contributed by atoms with Gasteiger partial charge in [0.25, 0.3) is 0 Å². The van der Waals surface area contributed by atoms with Gasteiger partial charge in [-0.05, 0) is 43.4 Å². The highest BCUT2D eigenvalue weighted by Gasteiger charge is 2.52. The van der Waals surface area contributed by atoms with Gasteiger partial charge in [0.05, 0.1) is 28.6 Å². The molecule has 0 bridgehead atoms. The van der Waals surface area contributed by atoms with Gasteiger partial charge in [-0.2, -0.15) is 13.2 Å². The minimum atomic E-state index is -4.75. The molecule has 5 nitrogen and oxygen atoms in total. The number of aromatic nitrogens is 2. The second kappa shape index (κ2) is 8.49. The number of phenolic OH excluding ortho intramolecular Hbond substituents is 1. The van der Waals surface area contributed by atoms with Gasteiger partial charge in [0.15, 0.2) is 11.6 Å². The van der Waals surface area contributed by atoms with E-state index >= 15 is 0 Å². The zero-order valence-electron chi connectivity index (χ0n) is 18.1. The Morgan fingerprint density at radius 3 is 2.59 bits per heavy atom. The molecule has 0 spiro atoms. The molecule has 0 fully saturated rings. The van der Waals surface area contributed by atoms with Crippen molar-refractivity contribution in [3.05, 3.63) is 58.0 Å². The molecule has 3 aromatic rings. The Morgan fingerprint density at radius 2 is 1.94 bits per heavy atom. The molecule has 3 atom stereocenters. The molecule has 1 aliphatic rings. The zero-order chi connectivity index (χ0) is 25.0. The molecule has 0 aliphatic heterocycles. The number of benzene rings is 2. The monoisotopic (exact) mass is 501 g/mol. The van der Waals surface area contributed by atoms with Crippen molar-refractivity contribution >= 4 is 28.2 Å². The first-order chi connectivity index (χ1) is 15.8. The van der Waals surface area contributed by atoms with Gasteiger partial charge in [0.1, 0.15) is 11.6 Å². The quantitative estimate of drug-likeness (QED) is 0.365. The lowest BCUT2D eigenvalue weighted by Gasteiger charge is -2.45. The van der Waals surface area contributed by atoms with Crippen molar-refractivity contribution in [3.63, 3.8) is 0 Å². The third-order valence-corrected chi connectivity index (χ3v) is 6.48. The summed E-state index contributed by atoms with van der Waals surface area (Å²) in [6, 6.07) is 1.78. The summed E-state index contributed by atoms with van der Waals surface area (Å²) in [7, 11) is 0. The molecule has 3 N–H and O–H groups in total. The van der Waals surface area contributed by atoms with E-state index in [-0.39, 0.29) is 28.8 Å². The number of anilines is 1. The van der Waals surface area contributed by atoms with Crippen molar-refractivity contribution in [2.75, 3.05) is 5.32 Å². The number of aliphatic hydroxyl groups is 1. The van der Waals surface area contributed by atoms with Crippen LogP contribution >= 0.6 is 11.6 Å². The Morgan fingerprint density at radius 1 is 1.24 bits per heavy atom. The van der Waals surface area contributed by atoms with Crippen LogP contribution in [-0.2, 0) is 0 Å². The average molecular weight is 502 g/mol. The van der Waals surface area contributed by atoms with Gasteiger partial charge in [-0.25, -0.2) is 18.7 Å². The number of hydrogen-bond acceptors (Lipinski definition) is 5. The Bertz CT molecular complexity index is 1260. The molecule has 0 saturated heterocycles. The summed E-state index contributed by atoms with van der Waals surface area (Å²) < 4.78 is 69.6. The minimum Gasteiger partial charge on any atom is -0.505 e. The van der Waals surface area contributed by atoms with E-state index in [9.17, 15) is 32.2 Å². The van der Waals surface area contributed by atoms with Crippen LogP contribution in [0.3, 0.4) is 0 Å². The van der Waals surface area contributed by atoms with Crippen LogP contribution in [0.15, 0.2) is 24.4 Å².